The zero-order chi connectivity index (χ0) is 22.5. The lowest BCUT2D eigenvalue weighted by Gasteiger charge is -2.29. The van der Waals surface area contributed by atoms with Gasteiger partial charge in [0.05, 0.1) is 23.3 Å². The maximum Gasteiger partial charge on any atom is 0.267 e. The number of aromatic nitrogens is 2. The predicted molar refractivity (Wildman–Crippen MR) is 134 cm³/mol. The lowest BCUT2D eigenvalue weighted by Crippen LogP contribution is -2.32. The summed E-state index contributed by atoms with van der Waals surface area (Å²) in [6, 6.07) is 15.8. The van der Waals surface area contributed by atoms with Gasteiger partial charge in [0.15, 0.2) is 5.16 Å². The Morgan fingerprint density at radius 2 is 2.00 bits per heavy atom. The second-order valence-corrected chi connectivity index (χ2v) is 11.2. The zero-order valence-corrected chi connectivity index (χ0v) is 20.5. The van der Waals surface area contributed by atoms with Crippen molar-refractivity contribution in [2.24, 2.45) is 0 Å². The third-order valence-corrected chi connectivity index (χ3v) is 7.98. The molecule has 0 radical (unpaired) electrons. The molecule has 0 bridgehead atoms. The van der Waals surface area contributed by atoms with Gasteiger partial charge < -0.3 is 4.74 Å². The number of benzene rings is 2. The lowest BCUT2D eigenvalue weighted by atomic mass is 9.94. The Morgan fingerprint density at radius 1 is 1.22 bits per heavy atom. The van der Waals surface area contributed by atoms with Gasteiger partial charge in [0, 0.05) is 22.1 Å². The van der Waals surface area contributed by atoms with Gasteiger partial charge in [0.2, 0.25) is 0 Å². The van der Waals surface area contributed by atoms with E-state index in [2.05, 4.69) is 13.8 Å². The van der Waals surface area contributed by atoms with Crippen molar-refractivity contribution in [1.82, 2.24) is 9.55 Å². The molecule has 0 spiro atoms. The van der Waals surface area contributed by atoms with Gasteiger partial charge in [0.1, 0.15) is 4.83 Å². The van der Waals surface area contributed by atoms with Crippen LogP contribution in [-0.4, -0.2) is 15.2 Å². The van der Waals surface area contributed by atoms with E-state index in [1.807, 2.05) is 55.5 Å². The number of thiophene rings is 1. The van der Waals surface area contributed by atoms with Gasteiger partial charge in [-0.05, 0) is 61.7 Å². The summed E-state index contributed by atoms with van der Waals surface area (Å²) in [6.45, 7) is 6.71. The molecule has 32 heavy (non-hydrogen) atoms. The highest BCUT2D eigenvalue weighted by Crippen LogP contribution is 2.38. The number of aryl methyl sites for hydroxylation is 1. The highest BCUT2D eigenvalue weighted by molar-refractivity contribution is 7.98. The van der Waals surface area contributed by atoms with E-state index in [-0.39, 0.29) is 11.2 Å². The first-order valence-electron chi connectivity index (χ1n) is 10.5. The van der Waals surface area contributed by atoms with Crippen LogP contribution in [0.2, 0.25) is 5.02 Å². The van der Waals surface area contributed by atoms with Crippen molar-refractivity contribution < 1.29 is 4.74 Å². The van der Waals surface area contributed by atoms with E-state index in [1.54, 1.807) is 27.7 Å². The molecule has 7 heteroatoms. The fraction of sp³-hybridized carbons (Fsp3) is 0.280. The molecule has 5 rings (SSSR count). The first-order chi connectivity index (χ1) is 15.3. The molecule has 164 valence electrons. The number of halogens is 1. The number of thioether (sulfide) groups is 1. The van der Waals surface area contributed by atoms with Crippen molar-refractivity contribution in [2.75, 3.05) is 0 Å². The minimum absolute atomic E-state index is 0.00518. The van der Waals surface area contributed by atoms with Crippen LogP contribution < -0.4 is 5.56 Å². The summed E-state index contributed by atoms with van der Waals surface area (Å²) in [7, 11) is 0. The Morgan fingerprint density at radius 3 is 2.75 bits per heavy atom. The minimum Gasteiger partial charge on any atom is -0.370 e. The van der Waals surface area contributed by atoms with E-state index in [1.165, 1.54) is 0 Å². The number of rotatable bonds is 4. The van der Waals surface area contributed by atoms with Crippen molar-refractivity contribution in [3.8, 4) is 5.69 Å². The summed E-state index contributed by atoms with van der Waals surface area (Å²) >= 11 is 9.18. The predicted octanol–water partition coefficient (Wildman–Crippen LogP) is 6.55. The number of hydrogen-bond acceptors (Lipinski definition) is 5. The smallest absolute Gasteiger partial charge is 0.267 e. The molecule has 0 atom stereocenters. The van der Waals surface area contributed by atoms with Crippen molar-refractivity contribution >= 4 is 44.9 Å². The molecule has 4 nitrogen and oxygen atoms in total. The van der Waals surface area contributed by atoms with Gasteiger partial charge in [-0.15, -0.1) is 11.3 Å². The summed E-state index contributed by atoms with van der Waals surface area (Å²) in [5, 5.41) is 2.14. The van der Waals surface area contributed by atoms with Crippen molar-refractivity contribution in [2.45, 2.75) is 50.3 Å². The largest absolute Gasteiger partial charge is 0.370 e. The molecule has 3 heterocycles. The van der Waals surface area contributed by atoms with Gasteiger partial charge in [-0.1, -0.05) is 47.6 Å². The monoisotopic (exact) mass is 482 g/mol. The first kappa shape index (κ1) is 21.7. The second-order valence-electron chi connectivity index (χ2n) is 8.70. The molecule has 0 unspecified atom stereocenters. The lowest BCUT2D eigenvalue weighted by molar-refractivity contribution is -0.0379. The van der Waals surface area contributed by atoms with E-state index in [4.69, 9.17) is 21.3 Å². The summed E-state index contributed by atoms with van der Waals surface area (Å²) in [5.74, 6) is 0.697. The van der Waals surface area contributed by atoms with E-state index >= 15 is 0 Å². The number of hydrogen-bond donors (Lipinski definition) is 0. The topological polar surface area (TPSA) is 44.1 Å². The molecular weight excluding hydrogens is 460 g/mol. The number of ether oxygens (including phenoxy) is 1. The molecule has 0 N–H and O–H groups in total. The van der Waals surface area contributed by atoms with Crippen LogP contribution in [0.5, 0.6) is 0 Å². The van der Waals surface area contributed by atoms with Crippen LogP contribution in [0.25, 0.3) is 15.9 Å². The van der Waals surface area contributed by atoms with Gasteiger partial charge >= 0.3 is 0 Å². The Bertz CT molecular complexity index is 1370. The van der Waals surface area contributed by atoms with Crippen molar-refractivity contribution in [3.05, 3.63) is 85.5 Å². The highest BCUT2D eigenvalue weighted by atomic mass is 35.5. The van der Waals surface area contributed by atoms with Crippen LogP contribution >= 0.6 is 34.7 Å². The zero-order valence-electron chi connectivity index (χ0n) is 18.1. The quantitative estimate of drug-likeness (QED) is 0.244. The number of nitrogens with zero attached hydrogens (tertiary/aromatic N) is 2. The molecule has 0 fully saturated rings. The van der Waals surface area contributed by atoms with Crippen LogP contribution in [0.1, 0.15) is 35.4 Å². The SMILES string of the molecule is Cc1cccc(-n2c(SCc3ccc(Cl)cc3)nc3sc4c(c3c2=O)CC(C)(C)OC4)c1. The molecule has 0 saturated heterocycles. The maximum absolute atomic E-state index is 13.9. The fourth-order valence-corrected chi connectivity index (χ4v) is 6.23. The third-order valence-electron chi connectivity index (χ3n) is 5.62. The first-order valence-corrected chi connectivity index (χ1v) is 12.6. The van der Waals surface area contributed by atoms with E-state index in [0.29, 0.717) is 29.0 Å². The van der Waals surface area contributed by atoms with Crippen LogP contribution in [0.4, 0.5) is 0 Å². The third kappa shape index (κ3) is 4.13. The minimum atomic E-state index is -0.288. The summed E-state index contributed by atoms with van der Waals surface area (Å²) in [5.41, 5.74) is 3.87. The van der Waals surface area contributed by atoms with Gasteiger partial charge in [-0.2, -0.15) is 0 Å². The van der Waals surface area contributed by atoms with E-state index < -0.39 is 0 Å². The summed E-state index contributed by atoms with van der Waals surface area (Å²) in [4.78, 5) is 20.8. The molecule has 4 aromatic rings. The molecule has 0 aliphatic carbocycles. The van der Waals surface area contributed by atoms with Crippen molar-refractivity contribution in [1.29, 1.82) is 0 Å². The Balaban J connectivity index is 1.67. The molecule has 2 aromatic carbocycles. The van der Waals surface area contributed by atoms with E-state index in [0.717, 1.165) is 37.5 Å². The standard InChI is InChI=1S/C25H23ClN2O2S2/c1-15-5-4-6-18(11-15)28-23(29)21-19-12-25(2,3)30-13-20(19)32-22(21)27-24(28)31-14-16-7-9-17(26)10-8-16/h4-11H,12-14H2,1-3H3. The normalized spacial score (nSPS) is 15.1. The highest BCUT2D eigenvalue weighted by Gasteiger charge is 2.31. The molecule has 1 aliphatic heterocycles. The van der Waals surface area contributed by atoms with Crippen LogP contribution in [-0.2, 0) is 23.5 Å². The number of fused-ring (bicyclic) bond motifs is 3. The van der Waals surface area contributed by atoms with Crippen LogP contribution in [0, 0.1) is 6.92 Å². The van der Waals surface area contributed by atoms with Gasteiger partial charge in [0.25, 0.3) is 5.56 Å². The van der Waals surface area contributed by atoms with Crippen LogP contribution in [0.3, 0.4) is 0 Å². The molecule has 0 saturated carbocycles. The van der Waals surface area contributed by atoms with E-state index in [9.17, 15) is 4.79 Å². The van der Waals surface area contributed by atoms with Crippen molar-refractivity contribution in [3.63, 3.8) is 0 Å². The van der Waals surface area contributed by atoms with Gasteiger partial charge in [-0.3, -0.25) is 9.36 Å². The molecule has 2 aromatic heterocycles. The Labute approximate surface area is 200 Å². The van der Waals surface area contributed by atoms with Gasteiger partial charge in [-0.25, -0.2) is 4.98 Å². The summed E-state index contributed by atoms with van der Waals surface area (Å²) in [6.07, 6.45) is 0.713. The maximum atomic E-state index is 13.9. The molecular formula is C25H23ClN2O2S2. The Kier molecular flexibility index (Phi) is 5.66. The van der Waals surface area contributed by atoms with Crippen LogP contribution in [0.15, 0.2) is 58.5 Å². The summed E-state index contributed by atoms with van der Waals surface area (Å²) < 4.78 is 7.76. The average molecular weight is 483 g/mol. The fourth-order valence-electron chi connectivity index (χ4n) is 3.99. The molecule has 0 amide bonds. The Hall–Kier alpha value is -2.12. The second kappa shape index (κ2) is 8.34. The molecule has 1 aliphatic rings. The average Bonchev–Trinajstić information content (AvgIpc) is 3.10.